The molecule has 0 aliphatic carbocycles. The van der Waals surface area contributed by atoms with Crippen LogP contribution in [0.2, 0.25) is 0 Å². The van der Waals surface area contributed by atoms with Gasteiger partial charge in [-0.25, -0.2) is 0 Å². The molecule has 0 atom stereocenters. The van der Waals surface area contributed by atoms with Crippen molar-refractivity contribution in [2.45, 2.75) is 26.2 Å². The van der Waals surface area contributed by atoms with Crippen molar-refractivity contribution in [3.63, 3.8) is 0 Å². The summed E-state index contributed by atoms with van der Waals surface area (Å²) in [6.07, 6.45) is 2.06. The molecule has 0 fully saturated rings. The topological polar surface area (TPSA) is 21.1 Å². The highest BCUT2D eigenvalue weighted by Gasteiger charge is 2.22. The van der Waals surface area contributed by atoms with E-state index in [1.165, 1.54) is 5.69 Å². The fourth-order valence-electron chi connectivity index (χ4n) is 1.34. The molecular formula is C10H19N3. The quantitative estimate of drug-likeness (QED) is 0.658. The van der Waals surface area contributed by atoms with Crippen molar-refractivity contribution in [1.29, 1.82) is 0 Å². The van der Waals surface area contributed by atoms with Crippen LogP contribution < -0.4 is 4.90 Å². The molecule has 74 valence electrons. The minimum absolute atomic E-state index is 0.112. The Balaban J connectivity index is 3.20. The summed E-state index contributed by atoms with van der Waals surface area (Å²) in [6.45, 7) is 6.55. The van der Waals surface area contributed by atoms with Crippen molar-refractivity contribution in [3.8, 4) is 0 Å². The standard InChI is InChI=1S/C10H19N3/c1-10(2,3)9-8(12(4)5)7-13(6)11-9/h7H,1-6H3. The fraction of sp³-hybridized carbons (Fsp3) is 0.700. The number of hydrogen-bond donors (Lipinski definition) is 0. The van der Waals surface area contributed by atoms with Crippen LogP contribution in [0, 0.1) is 0 Å². The summed E-state index contributed by atoms with van der Waals surface area (Å²) in [5.74, 6) is 0. The van der Waals surface area contributed by atoms with Crippen LogP contribution in [0.4, 0.5) is 5.69 Å². The van der Waals surface area contributed by atoms with Gasteiger partial charge >= 0.3 is 0 Å². The molecule has 0 N–H and O–H groups in total. The second-order valence-corrected chi connectivity index (χ2v) is 4.68. The zero-order valence-corrected chi connectivity index (χ0v) is 9.42. The molecular weight excluding hydrogens is 162 g/mol. The number of anilines is 1. The molecule has 1 aromatic rings. The van der Waals surface area contributed by atoms with Gasteiger partial charge in [0.15, 0.2) is 0 Å². The Morgan fingerprint density at radius 1 is 1.31 bits per heavy atom. The molecule has 1 heterocycles. The zero-order valence-electron chi connectivity index (χ0n) is 9.42. The SMILES string of the molecule is CN(C)c1cn(C)nc1C(C)(C)C. The second-order valence-electron chi connectivity index (χ2n) is 4.68. The molecule has 0 amide bonds. The van der Waals surface area contributed by atoms with Crippen LogP contribution in [0.15, 0.2) is 6.20 Å². The van der Waals surface area contributed by atoms with E-state index in [-0.39, 0.29) is 5.41 Å². The lowest BCUT2D eigenvalue weighted by molar-refractivity contribution is 0.553. The van der Waals surface area contributed by atoms with E-state index in [0.717, 1.165) is 5.69 Å². The predicted octanol–water partition coefficient (Wildman–Crippen LogP) is 1.78. The third-order valence-corrected chi connectivity index (χ3v) is 2.00. The van der Waals surface area contributed by atoms with Crippen LogP contribution in [0.25, 0.3) is 0 Å². The number of aromatic nitrogens is 2. The Labute approximate surface area is 80.4 Å². The maximum atomic E-state index is 4.48. The highest BCUT2D eigenvalue weighted by Crippen LogP contribution is 2.29. The molecule has 0 radical (unpaired) electrons. The van der Waals surface area contributed by atoms with E-state index in [2.05, 4.69) is 37.0 Å². The van der Waals surface area contributed by atoms with Crippen molar-refractivity contribution in [1.82, 2.24) is 9.78 Å². The molecule has 1 rings (SSSR count). The van der Waals surface area contributed by atoms with Crippen LogP contribution in [-0.4, -0.2) is 23.9 Å². The summed E-state index contributed by atoms with van der Waals surface area (Å²) in [4.78, 5) is 2.10. The van der Waals surface area contributed by atoms with Crippen LogP contribution in [0.5, 0.6) is 0 Å². The van der Waals surface area contributed by atoms with Gasteiger partial charge < -0.3 is 4.90 Å². The Kier molecular flexibility index (Phi) is 2.37. The molecule has 0 aromatic carbocycles. The van der Waals surface area contributed by atoms with Crippen LogP contribution in [0.1, 0.15) is 26.5 Å². The molecule has 3 heteroatoms. The largest absolute Gasteiger partial charge is 0.375 e. The normalized spacial score (nSPS) is 11.8. The summed E-state index contributed by atoms with van der Waals surface area (Å²) < 4.78 is 1.87. The molecule has 13 heavy (non-hydrogen) atoms. The second kappa shape index (κ2) is 3.05. The molecule has 0 bridgehead atoms. The summed E-state index contributed by atoms with van der Waals surface area (Å²) in [5, 5.41) is 4.48. The molecule has 3 nitrogen and oxygen atoms in total. The van der Waals surface area contributed by atoms with Gasteiger partial charge in [0.25, 0.3) is 0 Å². The minimum atomic E-state index is 0.112. The first-order valence-electron chi connectivity index (χ1n) is 4.54. The third kappa shape index (κ3) is 2.02. The molecule has 0 unspecified atom stereocenters. The first-order chi connectivity index (χ1) is 5.82. The zero-order chi connectivity index (χ0) is 10.2. The molecule has 0 aliphatic rings. The monoisotopic (exact) mass is 181 g/mol. The third-order valence-electron chi connectivity index (χ3n) is 2.00. The molecule has 1 aromatic heterocycles. The van der Waals surface area contributed by atoms with Crippen molar-refractivity contribution in [2.75, 3.05) is 19.0 Å². The number of rotatable bonds is 1. The highest BCUT2D eigenvalue weighted by molar-refractivity contribution is 5.50. The van der Waals surface area contributed by atoms with Gasteiger partial charge in [0.1, 0.15) is 0 Å². The average Bonchev–Trinajstić information content (AvgIpc) is 2.29. The Morgan fingerprint density at radius 2 is 1.85 bits per heavy atom. The number of aryl methyl sites for hydroxylation is 1. The van der Waals surface area contributed by atoms with Gasteiger partial charge in [0.2, 0.25) is 0 Å². The minimum Gasteiger partial charge on any atom is -0.375 e. The average molecular weight is 181 g/mol. The maximum absolute atomic E-state index is 4.48. The van der Waals surface area contributed by atoms with Gasteiger partial charge in [-0.2, -0.15) is 5.10 Å². The summed E-state index contributed by atoms with van der Waals surface area (Å²) in [6, 6.07) is 0. The Bertz CT molecular complexity index is 292. The van der Waals surface area contributed by atoms with E-state index in [1.807, 2.05) is 25.8 Å². The maximum Gasteiger partial charge on any atom is 0.0910 e. The van der Waals surface area contributed by atoms with Crippen molar-refractivity contribution in [2.24, 2.45) is 7.05 Å². The highest BCUT2D eigenvalue weighted by atomic mass is 15.3. The lowest BCUT2D eigenvalue weighted by atomic mass is 9.91. The Morgan fingerprint density at radius 3 is 2.15 bits per heavy atom. The Hall–Kier alpha value is -0.990. The lowest BCUT2D eigenvalue weighted by Crippen LogP contribution is -2.18. The number of hydrogen-bond acceptors (Lipinski definition) is 2. The van der Waals surface area contributed by atoms with E-state index in [4.69, 9.17) is 0 Å². The van der Waals surface area contributed by atoms with E-state index in [9.17, 15) is 0 Å². The van der Waals surface area contributed by atoms with Gasteiger partial charge in [-0.05, 0) is 0 Å². The van der Waals surface area contributed by atoms with Crippen LogP contribution >= 0.6 is 0 Å². The van der Waals surface area contributed by atoms with Crippen molar-refractivity contribution in [3.05, 3.63) is 11.9 Å². The van der Waals surface area contributed by atoms with Gasteiger partial charge in [0.05, 0.1) is 11.4 Å². The first-order valence-corrected chi connectivity index (χ1v) is 4.54. The number of nitrogens with zero attached hydrogens (tertiary/aromatic N) is 3. The van der Waals surface area contributed by atoms with Crippen molar-refractivity contribution >= 4 is 5.69 Å². The summed E-state index contributed by atoms with van der Waals surface area (Å²) in [5.41, 5.74) is 2.47. The molecule has 0 saturated carbocycles. The molecule has 0 aliphatic heterocycles. The fourth-order valence-corrected chi connectivity index (χ4v) is 1.34. The van der Waals surface area contributed by atoms with Gasteiger partial charge in [0, 0.05) is 32.8 Å². The van der Waals surface area contributed by atoms with Gasteiger partial charge in [-0.3, -0.25) is 4.68 Å². The predicted molar refractivity (Wildman–Crippen MR) is 56.2 cm³/mol. The van der Waals surface area contributed by atoms with Gasteiger partial charge in [-0.15, -0.1) is 0 Å². The van der Waals surface area contributed by atoms with E-state index in [0.29, 0.717) is 0 Å². The van der Waals surface area contributed by atoms with Crippen LogP contribution in [0.3, 0.4) is 0 Å². The van der Waals surface area contributed by atoms with E-state index in [1.54, 1.807) is 0 Å². The van der Waals surface area contributed by atoms with E-state index < -0.39 is 0 Å². The molecule has 0 spiro atoms. The summed E-state index contributed by atoms with van der Waals surface area (Å²) in [7, 11) is 6.06. The smallest absolute Gasteiger partial charge is 0.0910 e. The summed E-state index contributed by atoms with van der Waals surface area (Å²) >= 11 is 0. The van der Waals surface area contributed by atoms with E-state index >= 15 is 0 Å². The molecule has 0 saturated heterocycles. The van der Waals surface area contributed by atoms with Gasteiger partial charge in [-0.1, -0.05) is 20.8 Å². The first kappa shape index (κ1) is 10.1. The lowest BCUT2D eigenvalue weighted by Gasteiger charge is -2.20. The van der Waals surface area contributed by atoms with Crippen LogP contribution in [-0.2, 0) is 12.5 Å². The van der Waals surface area contributed by atoms with Crippen molar-refractivity contribution < 1.29 is 0 Å².